The molecular formula is C12H24O. The zero-order valence-corrected chi connectivity index (χ0v) is 9.22. The minimum Gasteiger partial charge on any atom is -0.303 e. The van der Waals surface area contributed by atoms with Crippen molar-refractivity contribution in [1.29, 1.82) is 0 Å². The molecule has 0 aromatic rings. The third-order valence-corrected chi connectivity index (χ3v) is 2.59. The van der Waals surface area contributed by atoms with E-state index in [1.807, 2.05) is 0 Å². The summed E-state index contributed by atoms with van der Waals surface area (Å²) in [5, 5.41) is 0. The van der Waals surface area contributed by atoms with Crippen molar-refractivity contribution in [2.24, 2.45) is 5.92 Å². The van der Waals surface area contributed by atoms with Gasteiger partial charge in [0, 0.05) is 6.42 Å². The van der Waals surface area contributed by atoms with Crippen LogP contribution in [0.2, 0.25) is 0 Å². The van der Waals surface area contributed by atoms with Crippen molar-refractivity contribution in [3.05, 3.63) is 0 Å². The van der Waals surface area contributed by atoms with E-state index in [4.69, 9.17) is 0 Å². The van der Waals surface area contributed by atoms with E-state index in [0.717, 1.165) is 12.7 Å². The molecule has 0 saturated heterocycles. The molecule has 0 heterocycles. The third-order valence-electron chi connectivity index (χ3n) is 2.59. The molecule has 1 atom stereocenters. The van der Waals surface area contributed by atoms with Gasteiger partial charge in [-0.2, -0.15) is 0 Å². The molecule has 0 aromatic heterocycles. The van der Waals surface area contributed by atoms with Gasteiger partial charge in [0.2, 0.25) is 0 Å². The fraction of sp³-hybridized carbons (Fsp3) is 0.917. The van der Waals surface area contributed by atoms with E-state index in [0.29, 0.717) is 5.92 Å². The fourth-order valence-electron chi connectivity index (χ4n) is 1.78. The quantitative estimate of drug-likeness (QED) is 0.391. The van der Waals surface area contributed by atoms with Gasteiger partial charge in [-0.3, -0.25) is 0 Å². The summed E-state index contributed by atoms with van der Waals surface area (Å²) in [5.74, 6) is 0.666. The minimum atomic E-state index is 0.666. The first-order valence-electron chi connectivity index (χ1n) is 5.78. The molecular weight excluding hydrogens is 160 g/mol. The highest BCUT2D eigenvalue weighted by molar-refractivity contribution is 5.49. The molecule has 0 saturated carbocycles. The molecule has 0 fully saturated rings. The van der Waals surface area contributed by atoms with Gasteiger partial charge >= 0.3 is 0 Å². The van der Waals surface area contributed by atoms with Crippen LogP contribution in [0.3, 0.4) is 0 Å². The minimum absolute atomic E-state index is 0.666. The van der Waals surface area contributed by atoms with Crippen LogP contribution in [-0.2, 0) is 4.79 Å². The van der Waals surface area contributed by atoms with Gasteiger partial charge in [0.05, 0.1) is 0 Å². The van der Waals surface area contributed by atoms with Crippen molar-refractivity contribution in [2.75, 3.05) is 0 Å². The highest BCUT2D eigenvalue weighted by atomic mass is 16.1. The second-order valence-corrected chi connectivity index (χ2v) is 3.91. The van der Waals surface area contributed by atoms with E-state index in [-0.39, 0.29) is 0 Å². The van der Waals surface area contributed by atoms with Gasteiger partial charge < -0.3 is 4.79 Å². The summed E-state index contributed by atoms with van der Waals surface area (Å²) in [5.41, 5.74) is 0. The lowest BCUT2D eigenvalue weighted by molar-refractivity contribution is -0.108. The van der Waals surface area contributed by atoms with E-state index in [1.165, 1.54) is 44.9 Å². The van der Waals surface area contributed by atoms with Crippen LogP contribution < -0.4 is 0 Å². The van der Waals surface area contributed by atoms with Crippen LogP contribution in [0.25, 0.3) is 0 Å². The maximum Gasteiger partial charge on any atom is 0.120 e. The Morgan fingerprint density at radius 3 is 2.31 bits per heavy atom. The van der Waals surface area contributed by atoms with Gasteiger partial charge in [-0.15, -0.1) is 0 Å². The monoisotopic (exact) mass is 184 g/mol. The summed E-state index contributed by atoms with van der Waals surface area (Å²) < 4.78 is 0. The molecule has 13 heavy (non-hydrogen) atoms. The molecule has 0 aromatic carbocycles. The van der Waals surface area contributed by atoms with Crippen molar-refractivity contribution in [1.82, 2.24) is 0 Å². The van der Waals surface area contributed by atoms with Crippen molar-refractivity contribution in [2.45, 2.75) is 65.2 Å². The molecule has 0 aliphatic rings. The highest BCUT2D eigenvalue weighted by Crippen LogP contribution is 2.18. The first-order chi connectivity index (χ1) is 6.35. The largest absolute Gasteiger partial charge is 0.303 e. The van der Waals surface area contributed by atoms with Crippen LogP contribution in [-0.4, -0.2) is 6.29 Å². The van der Waals surface area contributed by atoms with Gasteiger partial charge in [0.25, 0.3) is 0 Å². The van der Waals surface area contributed by atoms with E-state index >= 15 is 0 Å². The second kappa shape index (κ2) is 9.76. The zero-order valence-electron chi connectivity index (χ0n) is 9.22. The van der Waals surface area contributed by atoms with Crippen LogP contribution in [0, 0.1) is 5.92 Å². The standard InChI is InChI=1S/C12H24O/c1-3-5-6-7-9-12(8-4-2)10-11-13/h11-12H,3-10H2,1-2H3. The average Bonchev–Trinajstić information content (AvgIpc) is 2.13. The molecule has 1 unspecified atom stereocenters. The maximum absolute atomic E-state index is 10.4. The van der Waals surface area contributed by atoms with E-state index in [9.17, 15) is 4.79 Å². The van der Waals surface area contributed by atoms with Crippen molar-refractivity contribution in [3.8, 4) is 0 Å². The number of hydrogen-bond acceptors (Lipinski definition) is 1. The molecule has 0 amide bonds. The predicted octanol–water partition coefficient (Wildman–Crippen LogP) is 3.96. The second-order valence-electron chi connectivity index (χ2n) is 3.91. The number of carbonyl (C=O) groups excluding carboxylic acids is 1. The van der Waals surface area contributed by atoms with Crippen LogP contribution in [0.1, 0.15) is 65.2 Å². The van der Waals surface area contributed by atoms with Gasteiger partial charge in [-0.1, -0.05) is 58.8 Å². The Kier molecular flexibility index (Phi) is 9.51. The van der Waals surface area contributed by atoms with E-state index in [1.54, 1.807) is 0 Å². The Labute approximate surface area is 82.9 Å². The normalized spacial score (nSPS) is 12.8. The topological polar surface area (TPSA) is 17.1 Å². The van der Waals surface area contributed by atoms with Crippen molar-refractivity contribution < 1.29 is 4.79 Å². The lowest BCUT2D eigenvalue weighted by atomic mass is 9.94. The zero-order chi connectivity index (χ0) is 9.94. The van der Waals surface area contributed by atoms with Crippen molar-refractivity contribution in [3.63, 3.8) is 0 Å². The first-order valence-corrected chi connectivity index (χ1v) is 5.78. The summed E-state index contributed by atoms with van der Waals surface area (Å²) in [7, 11) is 0. The Bertz CT molecular complexity index is 110. The molecule has 0 aliphatic heterocycles. The number of aldehydes is 1. The summed E-state index contributed by atoms with van der Waals surface area (Å²) in [6.07, 6.45) is 10.9. The summed E-state index contributed by atoms with van der Waals surface area (Å²) in [4.78, 5) is 10.4. The summed E-state index contributed by atoms with van der Waals surface area (Å²) >= 11 is 0. The van der Waals surface area contributed by atoms with Crippen LogP contribution >= 0.6 is 0 Å². The van der Waals surface area contributed by atoms with E-state index < -0.39 is 0 Å². The van der Waals surface area contributed by atoms with E-state index in [2.05, 4.69) is 13.8 Å². The number of carbonyl (C=O) groups is 1. The van der Waals surface area contributed by atoms with Gasteiger partial charge in [-0.25, -0.2) is 0 Å². The molecule has 78 valence electrons. The summed E-state index contributed by atoms with van der Waals surface area (Å²) in [6, 6.07) is 0. The Morgan fingerprint density at radius 1 is 1.00 bits per heavy atom. The van der Waals surface area contributed by atoms with Gasteiger partial charge in [-0.05, 0) is 5.92 Å². The highest BCUT2D eigenvalue weighted by Gasteiger charge is 2.05. The van der Waals surface area contributed by atoms with Gasteiger partial charge in [0.15, 0.2) is 0 Å². The van der Waals surface area contributed by atoms with Crippen molar-refractivity contribution >= 4 is 6.29 Å². The molecule has 0 aliphatic carbocycles. The Hall–Kier alpha value is -0.330. The van der Waals surface area contributed by atoms with Crippen LogP contribution in [0.15, 0.2) is 0 Å². The first kappa shape index (κ1) is 12.7. The summed E-state index contributed by atoms with van der Waals surface area (Å²) in [6.45, 7) is 4.43. The fourth-order valence-corrected chi connectivity index (χ4v) is 1.78. The molecule has 1 heteroatoms. The molecule has 0 N–H and O–H groups in total. The Morgan fingerprint density at radius 2 is 1.77 bits per heavy atom. The molecule has 0 bridgehead atoms. The molecule has 0 radical (unpaired) electrons. The lowest BCUT2D eigenvalue weighted by Crippen LogP contribution is -2.00. The number of unbranched alkanes of at least 4 members (excludes halogenated alkanes) is 3. The maximum atomic E-state index is 10.4. The van der Waals surface area contributed by atoms with Gasteiger partial charge in [0.1, 0.15) is 6.29 Å². The number of rotatable bonds is 9. The predicted molar refractivity (Wildman–Crippen MR) is 57.8 cm³/mol. The average molecular weight is 184 g/mol. The number of hydrogen-bond donors (Lipinski definition) is 0. The Balaban J connectivity index is 3.38. The molecule has 0 rings (SSSR count). The van der Waals surface area contributed by atoms with Crippen LogP contribution in [0.5, 0.6) is 0 Å². The molecule has 0 spiro atoms. The third kappa shape index (κ3) is 8.01. The van der Waals surface area contributed by atoms with Crippen LogP contribution in [0.4, 0.5) is 0 Å². The SMILES string of the molecule is CCCCCCC(CC=O)CCC. The smallest absolute Gasteiger partial charge is 0.120 e. The lowest BCUT2D eigenvalue weighted by Gasteiger charge is -2.11. The molecule has 1 nitrogen and oxygen atoms in total.